The zero-order valence-corrected chi connectivity index (χ0v) is 23.9. The van der Waals surface area contributed by atoms with E-state index in [0.717, 1.165) is 50.0 Å². The van der Waals surface area contributed by atoms with Crippen molar-refractivity contribution in [3.05, 3.63) is 164 Å². The Balaban J connectivity index is 1.23. The van der Waals surface area contributed by atoms with Crippen molar-refractivity contribution >= 4 is 71.3 Å². The fourth-order valence-corrected chi connectivity index (χ4v) is 6.66. The Bertz CT molecular complexity index is 2420. The van der Waals surface area contributed by atoms with Crippen LogP contribution in [-0.4, -0.2) is 0 Å². The summed E-state index contributed by atoms with van der Waals surface area (Å²) in [5.41, 5.74) is 7.55. The molecule has 8 aromatic carbocycles. The quantitative estimate of drug-likeness (QED) is 0.212. The topological polar surface area (TPSA) is 16.4 Å². The van der Waals surface area contributed by atoms with Gasteiger partial charge in [0.15, 0.2) is 0 Å². The van der Waals surface area contributed by atoms with Gasteiger partial charge in [0.2, 0.25) is 0 Å². The number of hydrogen-bond donors (Lipinski definition) is 0. The van der Waals surface area contributed by atoms with Crippen LogP contribution in [0, 0.1) is 0 Å². The molecule has 0 radical (unpaired) electrons. The van der Waals surface area contributed by atoms with Gasteiger partial charge in [-0.1, -0.05) is 115 Å². The number of nitrogens with zero attached hydrogens (tertiary/aromatic N) is 1. The summed E-state index contributed by atoms with van der Waals surface area (Å²) in [5, 5.41) is 9.52. The SMILES string of the molecule is c1ccc2cc(N(c3ccc(-c4cc5ccccc5c5oc6ccccc6c45)cc3)c3ccc4ccccc4c3)ccc2c1. The minimum absolute atomic E-state index is 0.913. The molecule has 9 rings (SSSR count). The van der Waals surface area contributed by atoms with Crippen molar-refractivity contribution < 1.29 is 4.42 Å². The maximum atomic E-state index is 6.47. The van der Waals surface area contributed by atoms with Crippen LogP contribution in [0.4, 0.5) is 17.1 Å². The molecule has 2 nitrogen and oxygen atoms in total. The molecular formula is C42H27NO. The largest absolute Gasteiger partial charge is 0.455 e. The van der Waals surface area contributed by atoms with Gasteiger partial charge in [-0.05, 0) is 86.6 Å². The molecular weight excluding hydrogens is 534 g/mol. The first kappa shape index (κ1) is 24.7. The maximum absolute atomic E-state index is 6.47. The van der Waals surface area contributed by atoms with E-state index in [9.17, 15) is 0 Å². The predicted octanol–water partition coefficient (Wildman–Crippen LogP) is 12.2. The van der Waals surface area contributed by atoms with Crippen molar-refractivity contribution in [1.82, 2.24) is 0 Å². The maximum Gasteiger partial charge on any atom is 0.143 e. The Morgan fingerprint density at radius 2 is 0.909 bits per heavy atom. The lowest BCUT2D eigenvalue weighted by Gasteiger charge is -2.26. The third-order valence-corrected chi connectivity index (χ3v) is 8.79. The fourth-order valence-electron chi connectivity index (χ4n) is 6.66. The zero-order valence-electron chi connectivity index (χ0n) is 23.9. The van der Waals surface area contributed by atoms with E-state index in [1.807, 2.05) is 6.07 Å². The minimum atomic E-state index is 0.913. The van der Waals surface area contributed by atoms with Gasteiger partial charge in [-0.2, -0.15) is 0 Å². The van der Waals surface area contributed by atoms with Crippen molar-refractivity contribution in [3.63, 3.8) is 0 Å². The summed E-state index contributed by atoms with van der Waals surface area (Å²) in [7, 11) is 0. The fraction of sp³-hybridized carbons (Fsp3) is 0. The highest BCUT2D eigenvalue weighted by Crippen LogP contribution is 2.43. The number of rotatable bonds is 4. The molecule has 1 heterocycles. The number of hydrogen-bond acceptors (Lipinski definition) is 2. The molecule has 0 aliphatic rings. The van der Waals surface area contributed by atoms with E-state index >= 15 is 0 Å². The van der Waals surface area contributed by atoms with Gasteiger partial charge in [0.25, 0.3) is 0 Å². The highest BCUT2D eigenvalue weighted by molar-refractivity contribution is 6.21. The van der Waals surface area contributed by atoms with E-state index in [2.05, 4.69) is 163 Å². The van der Waals surface area contributed by atoms with Crippen LogP contribution in [0.3, 0.4) is 0 Å². The van der Waals surface area contributed by atoms with Crippen molar-refractivity contribution in [3.8, 4) is 11.1 Å². The van der Waals surface area contributed by atoms with Gasteiger partial charge < -0.3 is 9.32 Å². The number of benzene rings is 8. The normalized spacial score (nSPS) is 11.6. The third-order valence-electron chi connectivity index (χ3n) is 8.79. The van der Waals surface area contributed by atoms with Crippen LogP contribution in [0.2, 0.25) is 0 Å². The highest BCUT2D eigenvalue weighted by Gasteiger charge is 2.18. The number of para-hydroxylation sites is 1. The van der Waals surface area contributed by atoms with Crippen LogP contribution < -0.4 is 4.90 Å². The lowest BCUT2D eigenvalue weighted by atomic mass is 9.95. The van der Waals surface area contributed by atoms with Crippen LogP contribution in [0.15, 0.2) is 168 Å². The van der Waals surface area contributed by atoms with Gasteiger partial charge in [0.05, 0.1) is 0 Å². The van der Waals surface area contributed by atoms with Gasteiger partial charge in [0, 0.05) is 33.2 Å². The molecule has 206 valence electrons. The van der Waals surface area contributed by atoms with Crippen molar-refractivity contribution in [2.45, 2.75) is 0 Å². The van der Waals surface area contributed by atoms with Crippen LogP contribution >= 0.6 is 0 Å². The van der Waals surface area contributed by atoms with Crippen molar-refractivity contribution in [2.24, 2.45) is 0 Å². The molecule has 0 bridgehead atoms. The van der Waals surface area contributed by atoms with E-state index in [-0.39, 0.29) is 0 Å². The molecule has 0 amide bonds. The summed E-state index contributed by atoms with van der Waals surface area (Å²) in [6, 6.07) is 58.6. The minimum Gasteiger partial charge on any atom is -0.455 e. The van der Waals surface area contributed by atoms with Gasteiger partial charge in [-0.15, -0.1) is 0 Å². The first-order chi connectivity index (χ1) is 21.8. The molecule has 0 unspecified atom stereocenters. The van der Waals surface area contributed by atoms with E-state index in [1.165, 1.54) is 32.5 Å². The van der Waals surface area contributed by atoms with Gasteiger partial charge in [-0.25, -0.2) is 0 Å². The van der Waals surface area contributed by atoms with Crippen molar-refractivity contribution in [2.75, 3.05) is 4.90 Å². The van der Waals surface area contributed by atoms with Crippen LogP contribution in [0.1, 0.15) is 0 Å². The van der Waals surface area contributed by atoms with Crippen LogP contribution in [0.25, 0.3) is 65.4 Å². The average Bonchev–Trinajstić information content (AvgIpc) is 3.48. The van der Waals surface area contributed by atoms with E-state index in [1.54, 1.807) is 0 Å². The van der Waals surface area contributed by atoms with Crippen LogP contribution in [0.5, 0.6) is 0 Å². The molecule has 0 aliphatic carbocycles. The Labute approximate surface area is 255 Å². The molecule has 2 heteroatoms. The molecule has 44 heavy (non-hydrogen) atoms. The average molecular weight is 562 g/mol. The van der Waals surface area contributed by atoms with Gasteiger partial charge >= 0.3 is 0 Å². The monoisotopic (exact) mass is 561 g/mol. The molecule has 0 atom stereocenters. The summed E-state index contributed by atoms with van der Waals surface area (Å²) < 4.78 is 6.47. The van der Waals surface area contributed by atoms with Gasteiger partial charge in [-0.3, -0.25) is 0 Å². The molecule has 0 N–H and O–H groups in total. The second-order valence-electron chi connectivity index (χ2n) is 11.4. The summed E-state index contributed by atoms with van der Waals surface area (Å²) in [4.78, 5) is 2.35. The standard InChI is InChI=1S/C42H27NO/c1-3-11-31-25-35(23-17-28(31)9-1)43(36-24-18-29-10-2-4-12-32(29)26-36)34-21-19-30(20-22-34)39-27-33-13-5-6-14-37(33)42-41(39)38-15-7-8-16-40(38)44-42/h1-27H. The highest BCUT2D eigenvalue weighted by atomic mass is 16.3. The Kier molecular flexibility index (Phi) is 5.54. The lowest BCUT2D eigenvalue weighted by molar-refractivity contribution is 0.673. The predicted molar refractivity (Wildman–Crippen MR) is 186 cm³/mol. The first-order valence-electron chi connectivity index (χ1n) is 15.0. The number of anilines is 3. The second kappa shape index (κ2) is 9.86. The van der Waals surface area contributed by atoms with Crippen LogP contribution in [-0.2, 0) is 0 Å². The van der Waals surface area contributed by atoms with E-state index in [4.69, 9.17) is 4.42 Å². The smallest absolute Gasteiger partial charge is 0.143 e. The van der Waals surface area contributed by atoms with Gasteiger partial charge in [0.1, 0.15) is 11.2 Å². The van der Waals surface area contributed by atoms with Crippen molar-refractivity contribution in [1.29, 1.82) is 0 Å². The molecule has 1 aromatic heterocycles. The molecule has 0 saturated heterocycles. The summed E-state index contributed by atoms with van der Waals surface area (Å²) >= 11 is 0. The Hall–Kier alpha value is -5.86. The Morgan fingerprint density at radius 1 is 0.386 bits per heavy atom. The number of fused-ring (bicyclic) bond motifs is 7. The zero-order chi connectivity index (χ0) is 29.0. The number of furan rings is 1. The molecule has 9 aromatic rings. The molecule has 0 spiro atoms. The Morgan fingerprint density at radius 3 is 1.57 bits per heavy atom. The lowest BCUT2D eigenvalue weighted by Crippen LogP contribution is -2.09. The first-order valence-corrected chi connectivity index (χ1v) is 15.0. The summed E-state index contributed by atoms with van der Waals surface area (Å²) in [6.45, 7) is 0. The summed E-state index contributed by atoms with van der Waals surface area (Å²) in [6.07, 6.45) is 0. The van der Waals surface area contributed by atoms with E-state index in [0.29, 0.717) is 0 Å². The molecule has 0 aliphatic heterocycles. The van der Waals surface area contributed by atoms with E-state index < -0.39 is 0 Å². The summed E-state index contributed by atoms with van der Waals surface area (Å²) in [5.74, 6) is 0. The second-order valence-corrected chi connectivity index (χ2v) is 11.4. The molecule has 0 fully saturated rings. The molecule has 0 saturated carbocycles. The third kappa shape index (κ3) is 3.96.